The van der Waals surface area contributed by atoms with E-state index in [9.17, 15) is 4.79 Å². The van der Waals surface area contributed by atoms with Crippen LogP contribution in [0.1, 0.15) is 26.0 Å². The van der Waals surface area contributed by atoms with Gasteiger partial charge in [-0.25, -0.2) is 9.78 Å². The highest BCUT2D eigenvalue weighted by atomic mass is 16.2. The van der Waals surface area contributed by atoms with Gasteiger partial charge in [0.05, 0.1) is 6.61 Å². The van der Waals surface area contributed by atoms with Crippen molar-refractivity contribution in [1.82, 2.24) is 10.3 Å². The number of rotatable bonds is 3. The first-order valence-electron chi connectivity index (χ1n) is 5.76. The van der Waals surface area contributed by atoms with Crippen molar-refractivity contribution in [2.75, 3.05) is 11.9 Å². The van der Waals surface area contributed by atoms with E-state index in [1.54, 1.807) is 18.2 Å². The fourth-order valence-corrected chi connectivity index (χ4v) is 1.20. The molecule has 1 rings (SSSR count). The Balaban J connectivity index is 2.65. The zero-order chi connectivity index (χ0) is 13.4. The fourth-order valence-electron chi connectivity index (χ4n) is 1.20. The Bertz CT molecular complexity index is 461. The molecule has 0 bridgehead atoms. The molecule has 5 nitrogen and oxygen atoms in total. The van der Waals surface area contributed by atoms with E-state index >= 15 is 0 Å². The van der Waals surface area contributed by atoms with Gasteiger partial charge >= 0.3 is 6.03 Å². The third kappa shape index (κ3) is 5.32. The number of amides is 2. The van der Waals surface area contributed by atoms with Crippen molar-refractivity contribution in [2.24, 2.45) is 0 Å². The Hall–Kier alpha value is -2.06. The first-order valence-corrected chi connectivity index (χ1v) is 5.76. The second kappa shape index (κ2) is 7.30. The van der Waals surface area contributed by atoms with Gasteiger partial charge < -0.3 is 10.4 Å². The molecular weight excluding hydrogens is 230 g/mol. The summed E-state index contributed by atoms with van der Waals surface area (Å²) in [7, 11) is 0. The van der Waals surface area contributed by atoms with E-state index in [-0.39, 0.29) is 18.7 Å². The molecule has 3 N–H and O–H groups in total. The van der Waals surface area contributed by atoms with Crippen molar-refractivity contribution < 1.29 is 9.90 Å². The highest BCUT2D eigenvalue weighted by Crippen LogP contribution is 2.03. The molecular formula is C13H17N3O2. The molecule has 5 heteroatoms. The van der Waals surface area contributed by atoms with E-state index in [0.717, 1.165) is 0 Å². The van der Waals surface area contributed by atoms with E-state index in [1.165, 1.54) is 0 Å². The lowest BCUT2D eigenvalue weighted by Gasteiger charge is -2.09. The summed E-state index contributed by atoms with van der Waals surface area (Å²) >= 11 is 0. The van der Waals surface area contributed by atoms with Gasteiger partial charge in [-0.3, -0.25) is 5.32 Å². The van der Waals surface area contributed by atoms with Crippen LogP contribution in [0.2, 0.25) is 0 Å². The molecule has 18 heavy (non-hydrogen) atoms. The number of aromatic nitrogens is 1. The summed E-state index contributed by atoms with van der Waals surface area (Å²) in [5, 5.41) is 13.9. The zero-order valence-electron chi connectivity index (χ0n) is 10.5. The summed E-state index contributed by atoms with van der Waals surface area (Å²) < 4.78 is 0. The third-order valence-electron chi connectivity index (χ3n) is 1.86. The summed E-state index contributed by atoms with van der Waals surface area (Å²) in [6.45, 7) is 3.79. The second-order valence-corrected chi connectivity index (χ2v) is 3.94. The molecule has 0 fully saturated rings. The molecule has 0 aliphatic heterocycles. The molecule has 0 saturated heterocycles. The van der Waals surface area contributed by atoms with Crippen LogP contribution < -0.4 is 10.6 Å². The molecule has 0 aliphatic rings. The van der Waals surface area contributed by atoms with Crippen LogP contribution in [0.15, 0.2) is 18.2 Å². The van der Waals surface area contributed by atoms with Gasteiger partial charge in [-0.05, 0) is 31.9 Å². The lowest BCUT2D eigenvalue weighted by molar-refractivity contribution is 0.250. The predicted molar refractivity (Wildman–Crippen MR) is 70.1 cm³/mol. The smallest absolute Gasteiger partial charge is 0.320 e. The Morgan fingerprint density at radius 2 is 2.28 bits per heavy atom. The Kier molecular flexibility index (Phi) is 5.68. The zero-order valence-corrected chi connectivity index (χ0v) is 10.5. The number of anilines is 1. The van der Waals surface area contributed by atoms with Gasteiger partial charge in [-0.1, -0.05) is 12.0 Å². The van der Waals surface area contributed by atoms with Crippen LogP contribution in [0.25, 0.3) is 0 Å². The maximum Gasteiger partial charge on any atom is 0.320 e. The number of hydrogen-bond acceptors (Lipinski definition) is 3. The fraction of sp³-hybridized carbons (Fsp3) is 0.385. The number of pyridine rings is 1. The van der Waals surface area contributed by atoms with Gasteiger partial charge in [-0.2, -0.15) is 0 Å². The molecule has 0 spiro atoms. The molecule has 0 aromatic carbocycles. The van der Waals surface area contributed by atoms with Gasteiger partial charge in [-0.15, -0.1) is 0 Å². The van der Waals surface area contributed by atoms with Crippen molar-refractivity contribution in [3.8, 4) is 11.8 Å². The summed E-state index contributed by atoms with van der Waals surface area (Å²) in [6.07, 6.45) is 0.410. The number of aliphatic hydroxyl groups is 1. The van der Waals surface area contributed by atoms with E-state index in [0.29, 0.717) is 17.9 Å². The number of aliphatic hydroxyl groups excluding tert-OH is 1. The van der Waals surface area contributed by atoms with E-state index < -0.39 is 0 Å². The molecule has 1 aromatic rings. The molecule has 0 aliphatic carbocycles. The van der Waals surface area contributed by atoms with Crippen LogP contribution >= 0.6 is 0 Å². The molecule has 0 radical (unpaired) electrons. The average molecular weight is 247 g/mol. The van der Waals surface area contributed by atoms with Crippen LogP contribution in [0, 0.1) is 11.8 Å². The Labute approximate surface area is 107 Å². The highest BCUT2D eigenvalue weighted by molar-refractivity contribution is 5.88. The minimum Gasteiger partial charge on any atom is -0.395 e. The van der Waals surface area contributed by atoms with Crippen LogP contribution in [-0.4, -0.2) is 28.8 Å². The molecule has 1 aromatic heterocycles. The number of hydrogen-bond donors (Lipinski definition) is 3. The minimum absolute atomic E-state index is 0.0295. The largest absolute Gasteiger partial charge is 0.395 e. The topological polar surface area (TPSA) is 74.2 Å². The average Bonchev–Trinajstić information content (AvgIpc) is 2.28. The van der Waals surface area contributed by atoms with E-state index in [2.05, 4.69) is 27.5 Å². The number of carbonyl (C=O) groups excluding carboxylic acids is 1. The number of nitrogens with zero attached hydrogens (tertiary/aromatic N) is 1. The maximum atomic E-state index is 11.5. The standard InChI is InChI=1S/C13H17N3O2/c1-10(2)14-13(18)16-12-8-5-7-11(15-12)6-3-4-9-17/h5,7-8,10,17H,4,9H2,1-2H3,(H2,14,15,16,18). The third-order valence-corrected chi connectivity index (χ3v) is 1.86. The van der Waals surface area contributed by atoms with Crippen molar-refractivity contribution in [1.29, 1.82) is 0 Å². The first-order chi connectivity index (χ1) is 8.61. The lowest BCUT2D eigenvalue weighted by atomic mass is 10.3. The van der Waals surface area contributed by atoms with Crippen LogP contribution in [0.5, 0.6) is 0 Å². The van der Waals surface area contributed by atoms with Crippen molar-refractivity contribution in [2.45, 2.75) is 26.3 Å². The van der Waals surface area contributed by atoms with Gasteiger partial charge in [0.1, 0.15) is 11.5 Å². The van der Waals surface area contributed by atoms with E-state index in [4.69, 9.17) is 5.11 Å². The van der Waals surface area contributed by atoms with Crippen LogP contribution in [-0.2, 0) is 0 Å². The van der Waals surface area contributed by atoms with Gasteiger partial charge in [0.2, 0.25) is 0 Å². The number of nitrogens with one attached hydrogen (secondary N) is 2. The quantitative estimate of drug-likeness (QED) is 0.706. The van der Waals surface area contributed by atoms with Crippen LogP contribution in [0.4, 0.5) is 10.6 Å². The van der Waals surface area contributed by atoms with Crippen LogP contribution in [0.3, 0.4) is 0 Å². The Morgan fingerprint density at radius 1 is 1.50 bits per heavy atom. The molecule has 2 amide bonds. The minimum atomic E-state index is -0.294. The predicted octanol–water partition coefficient (Wildman–Crippen LogP) is 1.35. The van der Waals surface area contributed by atoms with E-state index in [1.807, 2.05) is 13.8 Å². The second-order valence-electron chi connectivity index (χ2n) is 3.94. The SMILES string of the molecule is CC(C)NC(=O)Nc1cccc(C#CCCO)n1. The van der Waals surface area contributed by atoms with Crippen molar-refractivity contribution in [3.05, 3.63) is 23.9 Å². The number of urea groups is 1. The Morgan fingerprint density at radius 3 is 2.94 bits per heavy atom. The molecule has 0 unspecified atom stereocenters. The van der Waals surface area contributed by atoms with Gasteiger partial charge in [0.25, 0.3) is 0 Å². The molecule has 1 heterocycles. The van der Waals surface area contributed by atoms with Gasteiger partial charge in [0.15, 0.2) is 0 Å². The summed E-state index contributed by atoms with van der Waals surface area (Å²) in [5.74, 6) is 6.03. The molecule has 0 saturated carbocycles. The van der Waals surface area contributed by atoms with Crippen molar-refractivity contribution in [3.63, 3.8) is 0 Å². The normalized spacial score (nSPS) is 9.56. The summed E-state index contributed by atoms with van der Waals surface area (Å²) in [6, 6.07) is 4.98. The molecule has 96 valence electrons. The maximum absolute atomic E-state index is 11.5. The number of carbonyl (C=O) groups is 1. The monoisotopic (exact) mass is 247 g/mol. The summed E-state index contributed by atoms with van der Waals surface area (Å²) in [5.41, 5.74) is 0.561. The van der Waals surface area contributed by atoms with Crippen molar-refractivity contribution >= 4 is 11.8 Å². The molecule has 0 atom stereocenters. The highest BCUT2D eigenvalue weighted by Gasteiger charge is 2.03. The first kappa shape index (κ1) is 14.0. The lowest BCUT2D eigenvalue weighted by Crippen LogP contribution is -2.34. The van der Waals surface area contributed by atoms with Gasteiger partial charge in [0, 0.05) is 12.5 Å². The summed E-state index contributed by atoms with van der Waals surface area (Å²) in [4.78, 5) is 15.6.